The summed E-state index contributed by atoms with van der Waals surface area (Å²) in [4.78, 5) is 5.32. The number of furan rings is 1. The number of fused-ring (bicyclic) bond motifs is 6. The zero-order valence-corrected chi connectivity index (χ0v) is 24.4. The fourth-order valence-electron chi connectivity index (χ4n) is 6.81. The van der Waals surface area contributed by atoms with Gasteiger partial charge in [-0.2, -0.15) is 0 Å². The van der Waals surface area contributed by atoms with Gasteiger partial charge in [0.2, 0.25) is 0 Å². The van der Waals surface area contributed by atoms with Crippen molar-refractivity contribution < 1.29 is 4.42 Å². The van der Waals surface area contributed by atoms with Gasteiger partial charge in [-0.05, 0) is 62.0 Å². The molecule has 0 saturated carbocycles. The van der Waals surface area contributed by atoms with Crippen LogP contribution in [0.3, 0.4) is 0 Å². The monoisotopic (exact) mass is 579 g/mol. The van der Waals surface area contributed by atoms with Crippen LogP contribution >= 0.6 is 0 Å². The van der Waals surface area contributed by atoms with E-state index in [1.165, 1.54) is 27.1 Å². The van der Waals surface area contributed by atoms with Crippen LogP contribution in [0.15, 0.2) is 161 Å². The fourth-order valence-corrected chi connectivity index (χ4v) is 6.81. The third-order valence-electron chi connectivity index (χ3n) is 8.96. The van der Waals surface area contributed by atoms with E-state index >= 15 is 0 Å². The van der Waals surface area contributed by atoms with Crippen LogP contribution in [0.2, 0.25) is 0 Å². The molecule has 4 heteroatoms. The highest BCUT2D eigenvalue weighted by atomic mass is 16.3. The maximum absolute atomic E-state index is 6.16. The maximum Gasteiger partial charge on any atom is 0.136 e. The summed E-state index contributed by atoms with van der Waals surface area (Å²) in [6.07, 6.45) is -0.355. The third-order valence-corrected chi connectivity index (χ3v) is 8.96. The summed E-state index contributed by atoms with van der Waals surface area (Å²) < 4.78 is 6.16. The Bertz CT molecular complexity index is 2390. The lowest BCUT2D eigenvalue weighted by Crippen LogP contribution is -2.45. The first-order chi connectivity index (χ1) is 22.3. The molecule has 0 fully saturated rings. The fraction of sp³-hybridized carbons (Fsp3) is 0.0488. The molecule has 7 aromatic carbocycles. The van der Waals surface area contributed by atoms with E-state index in [-0.39, 0.29) is 12.3 Å². The number of aliphatic imine (C=N–C) groups is 1. The van der Waals surface area contributed by atoms with Crippen molar-refractivity contribution >= 4 is 49.3 Å². The molecule has 0 spiro atoms. The van der Waals surface area contributed by atoms with Crippen molar-refractivity contribution in [1.29, 1.82) is 0 Å². The van der Waals surface area contributed by atoms with Crippen molar-refractivity contribution in [3.63, 3.8) is 0 Å². The van der Waals surface area contributed by atoms with Gasteiger partial charge in [0.25, 0.3) is 0 Å². The molecule has 2 heterocycles. The summed E-state index contributed by atoms with van der Waals surface area (Å²) in [6.45, 7) is 0. The normalized spacial score (nSPS) is 16.7. The second-order valence-electron chi connectivity index (χ2n) is 11.6. The summed E-state index contributed by atoms with van der Waals surface area (Å²) in [6, 6.07) is 53.3. The number of nitrogens with zero attached hydrogens (tertiary/aromatic N) is 1. The Morgan fingerprint density at radius 3 is 2.04 bits per heavy atom. The Hall–Kier alpha value is -5.71. The van der Waals surface area contributed by atoms with Crippen molar-refractivity contribution in [2.45, 2.75) is 12.3 Å². The van der Waals surface area contributed by atoms with Crippen molar-refractivity contribution in [3.8, 4) is 11.1 Å². The van der Waals surface area contributed by atoms with Crippen LogP contribution in [-0.2, 0) is 0 Å². The van der Waals surface area contributed by atoms with E-state index in [1.54, 1.807) is 0 Å². The Balaban J connectivity index is 1.16. The average molecular weight is 580 g/mol. The van der Waals surface area contributed by atoms with E-state index in [2.05, 4.69) is 144 Å². The van der Waals surface area contributed by atoms with E-state index in [9.17, 15) is 0 Å². The van der Waals surface area contributed by atoms with Gasteiger partial charge in [0.15, 0.2) is 0 Å². The number of benzene rings is 7. The number of hydrogen-bond donors (Lipinski definition) is 2. The third kappa shape index (κ3) is 4.38. The molecule has 0 bridgehead atoms. The predicted octanol–water partition coefficient (Wildman–Crippen LogP) is 9.90. The minimum Gasteiger partial charge on any atom is -0.456 e. The van der Waals surface area contributed by atoms with Crippen LogP contribution < -0.4 is 10.6 Å². The zero-order valence-electron chi connectivity index (χ0n) is 24.4. The number of amidine groups is 1. The molecule has 0 amide bonds. The number of para-hydroxylation sites is 1. The van der Waals surface area contributed by atoms with Crippen molar-refractivity contribution in [2.24, 2.45) is 4.99 Å². The van der Waals surface area contributed by atoms with E-state index < -0.39 is 0 Å². The van der Waals surface area contributed by atoms with Crippen LogP contribution in [0.1, 0.15) is 29.0 Å². The van der Waals surface area contributed by atoms with Gasteiger partial charge in [-0.25, -0.2) is 4.99 Å². The predicted molar refractivity (Wildman–Crippen MR) is 185 cm³/mol. The lowest BCUT2D eigenvalue weighted by Gasteiger charge is -2.33. The zero-order chi connectivity index (χ0) is 29.7. The van der Waals surface area contributed by atoms with E-state index in [4.69, 9.17) is 9.41 Å². The van der Waals surface area contributed by atoms with Gasteiger partial charge in [0, 0.05) is 16.3 Å². The average Bonchev–Trinajstić information content (AvgIpc) is 3.51. The second-order valence-corrected chi connectivity index (χ2v) is 11.6. The maximum atomic E-state index is 6.16. The Labute approximate surface area is 260 Å². The number of nitrogens with one attached hydrogen (secondary N) is 2. The summed E-state index contributed by atoms with van der Waals surface area (Å²) in [5, 5.41) is 14.7. The van der Waals surface area contributed by atoms with Crippen LogP contribution in [0.5, 0.6) is 0 Å². The Morgan fingerprint density at radius 2 is 1.20 bits per heavy atom. The quantitative estimate of drug-likeness (QED) is 0.204. The number of hydrogen-bond acceptors (Lipinski definition) is 4. The molecular formula is C41H29N3O. The largest absolute Gasteiger partial charge is 0.456 e. The highest BCUT2D eigenvalue weighted by Gasteiger charge is 2.27. The summed E-state index contributed by atoms with van der Waals surface area (Å²) >= 11 is 0. The molecule has 1 aliphatic rings. The van der Waals surface area contributed by atoms with Crippen LogP contribution in [0, 0.1) is 0 Å². The van der Waals surface area contributed by atoms with Gasteiger partial charge in [0.05, 0.1) is 0 Å². The molecule has 0 aliphatic carbocycles. The lowest BCUT2D eigenvalue weighted by atomic mass is 9.95. The summed E-state index contributed by atoms with van der Waals surface area (Å²) in [7, 11) is 0. The molecule has 2 atom stereocenters. The summed E-state index contributed by atoms with van der Waals surface area (Å²) in [5.41, 5.74) is 7.48. The van der Waals surface area contributed by atoms with E-state index in [0.717, 1.165) is 50.0 Å². The molecular weight excluding hydrogens is 550 g/mol. The lowest BCUT2D eigenvalue weighted by molar-refractivity contribution is 0.411. The van der Waals surface area contributed by atoms with Crippen molar-refractivity contribution in [2.75, 3.05) is 0 Å². The highest BCUT2D eigenvalue weighted by Crippen LogP contribution is 2.38. The topological polar surface area (TPSA) is 49.6 Å². The van der Waals surface area contributed by atoms with Gasteiger partial charge in [-0.1, -0.05) is 133 Å². The highest BCUT2D eigenvalue weighted by molar-refractivity contribution is 6.13. The molecule has 1 aromatic heterocycles. The first-order valence-electron chi connectivity index (χ1n) is 15.4. The number of rotatable bonds is 4. The first kappa shape index (κ1) is 25.8. The molecule has 0 radical (unpaired) electrons. The van der Waals surface area contributed by atoms with E-state index in [1.807, 2.05) is 18.2 Å². The van der Waals surface area contributed by atoms with Gasteiger partial charge < -0.3 is 9.73 Å². The molecule has 1 aliphatic heterocycles. The second kappa shape index (κ2) is 10.5. The van der Waals surface area contributed by atoms with Gasteiger partial charge in [-0.15, -0.1) is 0 Å². The van der Waals surface area contributed by atoms with Gasteiger partial charge in [0.1, 0.15) is 29.3 Å². The molecule has 0 saturated heterocycles. The van der Waals surface area contributed by atoms with Crippen LogP contribution in [0.4, 0.5) is 0 Å². The van der Waals surface area contributed by atoms with Crippen molar-refractivity contribution in [1.82, 2.24) is 10.6 Å². The van der Waals surface area contributed by atoms with Crippen molar-refractivity contribution in [3.05, 3.63) is 168 Å². The minimum absolute atomic E-state index is 0.111. The minimum atomic E-state index is -0.244. The molecule has 2 unspecified atom stereocenters. The Kier molecular flexibility index (Phi) is 6.00. The smallest absolute Gasteiger partial charge is 0.136 e. The van der Waals surface area contributed by atoms with Gasteiger partial charge in [-0.3, -0.25) is 5.32 Å². The summed E-state index contributed by atoms with van der Waals surface area (Å²) in [5.74, 6) is 0.864. The molecule has 45 heavy (non-hydrogen) atoms. The molecule has 8 aromatic rings. The molecule has 9 rings (SSSR count). The first-order valence-corrected chi connectivity index (χ1v) is 15.4. The van der Waals surface area contributed by atoms with Crippen LogP contribution in [0.25, 0.3) is 54.6 Å². The standard InChI is InChI=1S/C41H29N3O/c1-2-11-27(12-3-1)39-42-40(44-41(43-39)35-25-29-13-4-5-14-30(29)32-15-6-7-16-33(32)35)28-23-21-26(22-24-28)31-18-10-20-37-38(31)34-17-8-9-19-36(34)45-37/h1-25,39,41,43H,(H,42,44). The van der Waals surface area contributed by atoms with Crippen LogP contribution in [-0.4, -0.2) is 5.84 Å². The van der Waals surface area contributed by atoms with Gasteiger partial charge >= 0.3 is 0 Å². The molecule has 2 N–H and O–H groups in total. The molecule has 4 nitrogen and oxygen atoms in total. The SMILES string of the molecule is c1ccc(C2NC(c3ccc(-c4cccc5oc6ccccc6c45)cc3)=NC(c3cc4ccccc4c4ccccc34)N2)cc1. The van der Waals surface area contributed by atoms with E-state index in [0.29, 0.717) is 0 Å². The Morgan fingerprint density at radius 1 is 0.533 bits per heavy atom. The molecule has 214 valence electrons.